The van der Waals surface area contributed by atoms with Gasteiger partial charge in [-0.05, 0) is 32.9 Å². The molecule has 0 aromatic heterocycles. The quantitative estimate of drug-likeness (QED) is 0.714. The number of nitrogens with zero attached hydrogens (tertiary/aromatic N) is 1. The summed E-state index contributed by atoms with van der Waals surface area (Å²) in [6.45, 7) is 6.43. The Labute approximate surface area is 92.9 Å². The van der Waals surface area contributed by atoms with Crippen LogP contribution in [0.4, 0.5) is 0 Å². The average molecular weight is 256 g/mol. The van der Waals surface area contributed by atoms with Gasteiger partial charge in [-0.25, -0.2) is 0 Å². The van der Waals surface area contributed by atoms with Gasteiger partial charge in [0.25, 0.3) is 0 Å². The summed E-state index contributed by atoms with van der Waals surface area (Å²) in [6, 6.07) is 8.23. The molecule has 2 atom stereocenters. The molecule has 3 heteroatoms. The van der Waals surface area contributed by atoms with Gasteiger partial charge in [-0.1, -0.05) is 28.1 Å². The van der Waals surface area contributed by atoms with E-state index in [0.717, 1.165) is 4.47 Å². The Balaban J connectivity index is 2.14. The fourth-order valence-electron chi connectivity index (χ4n) is 1.45. The van der Waals surface area contributed by atoms with Crippen molar-refractivity contribution >= 4 is 15.9 Å². The Morgan fingerprint density at radius 2 is 2.07 bits per heavy atom. The van der Waals surface area contributed by atoms with Gasteiger partial charge in [0, 0.05) is 15.6 Å². The average Bonchev–Trinajstić information content (AvgIpc) is 2.81. The van der Waals surface area contributed by atoms with Gasteiger partial charge in [0.2, 0.25) is 0 Å². The van der Waals surface area contributed by atoms with E-state index in [2.05, 4.69) is 48.8 Å². The molecular weight excluding hydrogens is 242 g/mol. The van der Waals surface area contributed by atoms with Gasteiger partial charge in [-0.15, -0.1) is 5.06 Å². The molecule has 2 rings (SSSR count). The third kappa shape index (κ3) is 2.00. The van der Waals surface area contributed by atoms with Gasteiger partial charge in [0.15, 0.2) is 6.23 Å². The molecule has 2 unspecified atom stereocenters. The van der Waals surface area contributed by atoms with Crippen LogP contribution in [0.3, 0.4) is 0 Å². The minimum Gasteiger partial charge on any atom is -0.269 e. The zero-order chi connectivity index (χ0) is 10.3. The van der Waals surface area contributed by atoms with Crippen molar-refractivity contribution < 1.29 is 4.84 Å². The molecule has 1 aromatic carbocycles. The second-order valence-electron chi connectivity index (χ2n) is 4.51. The molecule has 0 bridgehead atoms. The predicted octanol–water partition coefficient (Wildman–Crippen LogP) is 3.49. The molecule has 0 spiro atoms. The van der Waals surface area contributed by atoms with Crippen molar-refractivity contribution in [2.75, 3.05) is 0 Å². The minimum atomic E-state index is 0.0764. The second kappa shape index (κ2) is 3.33. The first-order valence-electron chi connectivity index (χ1n) is 4.70. The normalized spacial score (nSPS) is 26.3. The largest absolute Gasteiger partial charge is 0.269 e. The molecule has 0 amide bonds. The topological polar surface area (TPSA) is 15.5 Å². The maximum Gasteiger partial charge on any atom is 0.180 e. The van der Waals surface area contributed by atoms with E-state index >= 15 is 0 Å². The van der Waals surface area contributed by atoms with E-state index in [1.54, 1.807) is 0 Å². The zero-order valence-electron chi connectivity index (χ0n) is 8.62. The van der Waals surface area contributed by atoms with Crippen LogP contribution in [0, 0.1) is 0 Å². The molecule has 1 heterocycles. The van der Waals surface area contributed by atoms with E-state index in [-0.39, 0.29) is 11.8 Å². The van der Waals surface area contributed by atoms with Crippen LogP contribution in [0.2, 0.25) is 0 Å². The van der Waals surface area contributed by atoms with Crippen LogP contribution in [0.25, 0.3) is 0 Å². The van der Waals surface area contributed by atoms with Crippen LogP contribution in [0.15, 0.2) is 28.7 Å². The van der Waals surface area contributed by atoms with E-state index < -0.39 is 0 Å². The highest BCUT2D eigenvalue weighted by molar-refractivity contribution is 9.10. The smallest absolute Gasteiger partial charge is 0.180 e. The number of benzene rings is 1. The van der Waals surface area contributed by atoms with Gasteiger partial charge in [-0.2, -0.15) is 0 Å². The lowest BCUT2D eigenvalue weighted by Crippen LogP contribution is -2.25. The zero-order valence-corrected chi connectivity index (χ0v) is 10.2. The Hall–Kier alpha value is -0.380. The van der Waals surface area contributed by atoms with Gasteiger partial charge in [0.1, 0.15) is 0 Å². The van der Waals surface area contributed by atoms with E-state index in [9.17, 15) is 0 Å². The second-order valence-corrected chi connectivity index (χ2v) is 5.43. The van der Waals surface area contributed by atoms with Gasteiger partial charge >= 0.3 is 0 Å². The number of rotatable bonds is 1. The molecule has 0 N–H and O–H groups in total. The number of hydrogen-bond donors (Lipinski definition) is 0. The molecule has 1 fully saturated rings. The summed E-state index contributed by atoms with van der Waals surface area (Å²) in [5, 5.41) is 2.01. The monoisotopic (exact) mass is 255 g/mol. The molecule has 0 radical (unpaired) electrons. The Morgan fingerprint density at radius 1 is 1.36 bits per heavy atom. The summed E-state index contributed by atoms with van der Waals surface area (Å²) < 4.78 is 1.10. The number of hydroxylamine groups is 2. The molecule has 14 heavy (non-hydrogen) atoms. The first-order chi connectivity index (χ1) is 6.48. The van der Waals surface area contributed by atoms with Crippen molar-refractivity contribution in [2.24, 2.45) is 0 Å². The fraction of sp³-hybridized carbons (Fsp3) is 0.455. The third-order valence-corrected chi connectivity index (χ3v) is 2.67. The molecule has 0 aliphatic carbocycles. The van der Waals surface area contributed by atoms with Gasteiger partial charge in [0.05, 0.1) is 0 Å². The standard InChI is InChI=1S/C11H14BrNO/c1-11(2,3)13-10(14-13)8-5-4-6-9(12)7-8/h4-7,10H,1-3H3. The Kier molecular flexibility index (Phi) is 2.41. The van der Waals surface area contributed by atoms with Crippen molar-refractivity contribution in [2.45, 2.75) is 32.5 Å². The first kappa shape index (κ1) is 10.1. The molecule has 1 aliphatic rings. The summed E-state index contributed by atoms with van der Waals surface area (Å²) in [6.07, 6.45) is 0.132. The fourth-order valence-corrected chi connectivity index (χ4v) is 1.86. The van der Waals surface area contributed by atoms with Crippen LogP contribution in [-0.4, -0.2) is 10.6 Å². The van der Waals surface area contributed by atoms with Crippen LogP contribution >= 0.6 is 15.9 Å². The maximum absolute atomic E-state index is 5.53. The minimum absolute atomic E-state index is 0.0764. The SMILES string of the molecule is CC(C)(C)N1OC1c1cccc(Br)c1. The highest BCUT2D eigenvalue weighted by atomic mass is 79.9. The number of hydrogen-bond acceptors (Lipinski definition) is 2. The van der Waals surface area contributed by atoms with Crippen molar-refractivity contribution in [3.63, 3.8) is 0 Å². The van der Waals surface area contributed by atoms with E-state index in [0.29, 0.717) is 0 Å². The van der Waals surface area contributed by atoms with Crippen LogP contribution in [0.1, 0.15) is 32.6 Å². The molecule has 0 saturated carbocycles. The van der Waals surface area contributed by atoms with E-state index in [1.165, 1.54) is 5.56 Å². The third-order valence-electron chi connectivity index (χ3n) is 2.18. The molecule has 76 valence electrons. The lowest BCUT2D eigenvalue weighted by molar-refractivity contribution is 0.101. The lowest BCUT2D eigenvalue weighted by Gasteiger charge is -2.16. The summed E-state index contributed by atoms with van der Waals surface area (Å²) in [5.74, 6) is 0. The summed E-state index contributed by atoms with van der Waals surface area (Å²) in [4.78, 5) is 5.53. The van der Waals surface area contributed by atoms with Crippen LogP contribution in [-0.2, 0) is 4.84 Å². The van der Waals surface area contributed by atoms with Crippen molar-refractivity contribution in [3.8, 4) is 0 Å². The van der Waals surface area contributed by atoms with Crippen molar-refractivity contribution in [1.29, 1.82) is 0 Å². The Morgan fingerprint density at radius 3 is 2.57 bits per heavy atom. The van der Waals surface area contributed by atoms with Crippen LogP contribution < -0.4 is 0 Å². The number of halogens is 1. The first-order valence-corrected chi connectivity index (χ1v) is 5.49. The maximum atomic E-state index is 5.53. The molecule has 1 saturated heterocycles. The van der Waals surface area contributed by atoms with Gasteiger partial charge in [-0.3, -0.25) is 4.84 Å². The Bertz CT molecular complexity index is 345. The summed E-state index contributed by atoms with van der Waals surface area (Å²) in [5.41, 5.74) is 1.28. The van der Waals surface area contributed by atoms with Crippen molar-refractivity contribution in [3.05, 3.63) is 34.3 Å². The highest BCUT2D eigenvalue weighted by Crippen LogP contribution is 2.43. The van der Waals surface area contributed by atoms with Crippen molar-refractivity contribution in [1.82, 2.24) is 5.06 Å². The van der Waals surface area contributed by atoms with E-state index in [4.69, 9.17) is 4.84 Å². The van der Waals surface area contributed by atoms with Crippen LogP contribution in [0.5, 0.6) is 0 Å². The molecule has 1 aromatic rings. The van der Waals surface area contributed by atoms with E-state index in [1.807, 2.05) is 17.2 Å². The predicted molar refractivity (Wildman–Crippen MR) is 59.6 cm³/mol. The molecule has 2 nitrogen and oxygen atoms in total. The summed E-state index contributed by atoms with van der Waals surface area (Å²) >= 11 is 3.45. The molecule has 1 aliphatic heterocycles. The highest BCUT2D eigenvalue weighted by Gasteiger charge is 2.45. The molecular formula is C11H14BrNO. The lowest BCUT2D eigenvalue weighted by atomic mass is 10.1. The summed E-state index contributed by atoms with van der Waals surface area (Å²) in [7, 11) is 0. The van der Waals surface area contributed by atoms with Gasteiger partial charge < -0.3 is 0 Å².